The fourth-order valence-electron chi connectivity index (χ4n) is 1.44. The van der Waals surface area contributed by atoms with Gasteiger partial charge in [0.2, 0.25) is 0 Å². The molecule has 0 spiro atoms. The average molecular weight is 263 g/mol. The van der Waals surface area contributed by atoms with Gasteiger partial charge in [-0.15, -0.1) is 0 Å². The summed E-state index contributed by atoms with van der Waals surface area (Å²) in [6.45, 7) is 0. The van der Waals surface area contributed by atoms with Crippen LogP contribution >= 0.6 is 15.9 Å². The Morgan fingerprint density at radius 2 is 2.20 bits per heavy atom. The first-order valence-electron chi connectivity index (χ1n) is 4.39. The van der Waals surface area contributed by atoms with Crippen LogP contribution in [0, 0.1) is 11.3 Å². The van der Waals surface area contributed by atoms with Crippen molar-refractivity contribution in [1.82, 2.24) is 4.98 Å². The van der Waals surface area contributed by atoms with E-state index in [1.54, 1.807) is 6.07 Å². The van der Waals surface area contributed by atoms with Crippen molar-refractivity contribution >= 4 is 26.8 Å². The normalized spacial score (nSPS) is 10.1. The molecule has 1 heterocycles. The second-order valence-electron chi connectivity index (χ2n) is 3.19. The van der Waals surface area contributed by atoms with E-state index in [1.165, 1.54) is 0 Å². The molecular weight excluding hydrogens is 256 g/mol. The molecule has 1 aromatic carbocycles. The van der Waals surface area contributed by atoms with E-state index >= 15 is 0 Å². The van der Waals surface area contributed by atoms with E-state index in [9.17, 15) is 4.79 Å². The summed E-state index contributed by atoms with van der Waals surface area (Å²) >= 11 is 3.36. The van der Waals surface area contributed by atoms with E-state index in [0.717, 1.165) is 15.4 Å². The minimum atomic E-state index is -0.189. The van der Waals surface area contributed by atoms with Crippen molar-refractivity contribution in [1.29, 1.82) is 5.26 Å². The van der Waals surface area contributed by atoms with Gasteiger partial charge in [0.25, 0.3) is 5.56 Å². The van der Waals surface area contributed by atoms with E-state index in [-0.39, 0.29) is 12.0 Å². The van der Waals surface area contributed by atoms with Crippen molar-refractivity contribution in [3.05, 3.63) is 44.7 Å². The molecule has 0 saturated carbocycles. The Bertz CT molecular complexity index is 610. The fourth-order valence-corrected chi connectivity index (χ4v) is 1.82. The van der Waals surface area contributed by atoms with Crippen LogP contribution in [0.15, 0.2) is 33.5 Å². The monoisotopic (exact) mass is 262 g/mol. The molecule has 1 aromatic heterocycles. The predicted octanol–water partition coefficient (Wildman–Crippen LogP) is 2.36. The Morgan fingerprint density at radius 1 is 1.40 bits per heavy atom. The van der Waals surface area contributed by atoms with Gasteiger partial charge in [0.05, 0.1) is 12.5 Å². The minimum Gasteiger partial charge on any atom is -0.322 e. The third kappa shape index (κ3) is 1.92. The summed E-state index contributed by atoms with van der Waals surface area (Å²) in [6, 6.07) is 9.33. The molecule has 0 aliphatic carbocycles. The Kier molecular flexibility index (Phi) is 2.57. The molecule has 0 bridgehead atoms. The maximum Gasteiger partial charge on any atom is 0.252 e. The summed E-state index contributed by atoms with van der Waals surface area (Å²) in [6.07, 6.45) is 0.137. The van der Waals surface area contributed by atoms with E-state index < -0.39 is 0 Å². The molecule has 0 saturated heterocycles. The molecule has 2 rings (SSSR count). The number of halogens is 1. The largest absolute Gasteiger partial charge is 0.322 e. The zero-order valence-corrected chi connectivity index (χ0v) is 9.34. The summed E-state index contributed by atoms with van der Waals surface area (Å²) in [5.41, 5.74) is 1.10. The summed E-state index contributed by atoms with van der Waals surface area (Å²) in [7, 11) is 0. The van der Waals surface area contributed by atoms with Gasteiger partial charge in [-0.1, -0.05) is 15.9 Å². The summed E-state index contributed by atoms with van der Waals surface area (Å²) < 4.78 is 0.949. The molecule has 4 heteroatoms. The third-order valence-electron chi connectivity index (χ3n) is 2.15. The number of aromatic amines is 1. The zero-order valence-electron chi connectivity index (χ0n) is 7.75. The van der Waals surface area contributed by atoms with Crippen LogP contribution < -0.4 is 5.56 Å². The number of hydrogen-bond acceptors (Lipinski definition) is 2. The van der Waals surface area contributed by atoms with Gasteiger partial charge in [-0.2, -0.15) is 5.26 Å². The standard InChI is InChI=1S/C11H7BrN2O/c12-9-1-2-10-8(6-9)5-7(3-4-13)11(15)14-10/h1-2,5-6H,3H2,(H,14,15). The average Bonchev–Trinajstić information content (AvgIpc) is 2.20. The number of pyridine rings is 1. The van der Waals surface area contributed by atoms with Gasteiger partial charge < -0.3 is 4.98 Å². The molecule has 0 atom stereocenters. The van der Waals surface area contributed by atoms with Crippen molar-refractivity contribution in [2.75, 3.05) is 0 Å². The van der Waals surface area contributed by atoms with Gasteiger partial charge in [0, 0.05) is 15.6 Å². The maximum absolute atomic E-state index is 11.5. The number of H-pyrrole nitrogens is 1. The Hall–Kier alpha value is -1.60. The molecule has 0 radical (unpaired) electrons. The minimum absolute atomic E-state index is 0.137. The molecule has 0 aliphatic rings. The van der Waals surface area contributed by atoms with E-state index in [0.29, 0.717) is 5.56 Å². The highest BCUT2D eigenvalue weighted by Crippen LogP contribution is 2.17. The molecule has 0 unspecified atom stereocenters. The Balaban J connectivity index is 2.73. The van der Waals surface area contributed by atoms with Crippen LogP contribution in [0.25, 0.3) is 10.9 Å². The van der Waals surface area contributed by atoms with Gasteiger partial charge in [-0.3, -0.25) is 4.79 Å². The van der Waals surface area contributed by atoms with E-state index in [2.05, 4.69) is 20.9 Å². The summed E-state index contributed by atoms with van der Waals surface area (Å²) in [5, 5.41) is 9.48. The SMILES string of the molecule is N#CCc1cc2cc(Br)ccc2[nH]c1=O. The van der Waals surface area contributed by atoms with Gasteiger partial charge in [-0.05, 0) is 29.7 Å². The van der Waals surface area contributed by atoms with Crippen LogP contribution in [-0.4, -0.2) is 4.98 Å². The van der Waals surface area contributed by atoms with Gasteiger partial charge in [-0.25, -0.2) is 0 Å². The number of fused-ring (bicyclic) bond motifs is 1. The number of aromatic nitrogens is 1. The second-order valence-corrected chi connectivity index (χ2v) is 4.11. The predicted molar refractivity (Wildman–Crippen MR) is 61.6 cm³/mol. The van der Waals surface area contributed by atoms with Crippen LogP contribution in [0.2, 0.25) is 0 Å². The van der Waals surface area contributed by atoms with Crippen molar-refractivity contribution in [3.63, 3.8) is 0 Å². The van der Waals surface area contributed by atoms with Crippen LogP contribution in [0.4, 0.5) is 0 Å². The lowest BCUT2D eigenvalue weighted by Crippen LogP contribution is -2.11. The Labute approximate surface area is 94.5 Å². The van der Waals surface area contributed by atoms with Crippen molar-refractivity contribution in [2.24, 2.45) is 0 Å². The first-order chi connectivity index (χ1) is 7.20. The highest BCUT2D eigenvalue weighted by Gasteiger charge is 2.02. The molecule has 1 N–H and O–H groups in total. The fraction of sp³-hybridized carbons (Fsp3) is 0.0909. The number of nitrogens with zero attached hydrogens (tertiary/aromatic N) is 1. The molecule has 15 heavy (non-hydrogen) atoms. The van der Waals surface area contributed by atoms with Crippen LogP contribution in [0.3, 0.4) is 0 Å². The first kappa shape index (κ1) is 9.94. The lowest BCUT2D eigenvalue weighted by molar-refractivity contribution is 1.16. The molecule has 0 fully saturated rings. The van der Waals surface area contributed by atoms with Crippen LogP contribution in [0.5, 0.6) is 0 Å². The lowest BCUT2D eigenvalue weighted by Gasteiger charge is -2.00. The number of benzene rings is 1. The van der Waals surface area contributed by atoms with Crippen molar-refractivity contribution < 1.29 is 0 Å². The number of nitrogens with one attached hydrogen (secondary N) is 1. The second kappa shape index (κ2) is 3.87. The number of nitriles is 1. The molecule has 74 valence electrons. The van der Waals surface area contributed by atoms with Crippen LogP contribution in [-0.2, 0) is 6.42 Å². The first-order valence-corrected chi connectivity index (χ1v) is 5.18. The molecule has 0 amide bonds. The smallest absolute Gasteiger partial charge is 0.252 e. The quantitative estimate of drug-likeness (QED) is 0.858. The van der Waals surface area contributed by atoms with E-state index in [1.807, 2.05) is 24.3 Å². The van der Waals surface area contributed by atoms with E-state index in [4.69, 9.17) is 5.26 Å². The maximum atomic E-state index is 11.5. The number of hydrogen-bond donors (Lipinski definition) is 1. The van der Waals surface area contributed by atoms with Crippen LogP contribution in [0.1, 0.15) is 5.56 Å². The van der Waals surface area contributed by atoms with Gasteiger partial charge >= 0.3 is 0 Å². The van der Waals surface area contributed by atoms with Crippen molar-refractivity contribution in [3.8, 4) is 6.07 Å². The van der Waals surface area contributed by atoms with Gasteiger partial charge in [0.15, 0.2) is 0 Å². The van der Waals surface area contributed by atoms with Crippen molar-refractivity contribution in [2.45, 2.75) is 6.42 Å². The lowest BCUT2D eigenvalue weighted by atomic mass is 10.1. The molecule has 0 aliphatic heterocycles. The summed E-state index contributed by atoms with van der Waals surface area (Å²) in [5.74, 6) is 0. The topological polar surface area (TPSA) is 56.6 Å². The zero-order chi connectivity index (χ0) is 10.8. The number of rotatable bonds is 1. The third-order valence-corrected chi connectivity index (χ3v) is 2.65. The molecule has 3 nitrogen and oxygen atoms in total. The molecule has 2 aromatic rings. The summed E-state index contributed by atoms with van der Waals surface area (Å²) in [4.78, 5) is 14.2. The molecular formula is C11H7BrN2O. The highest BCUT2D eigenvalue weighted by molar-refractivity contribution is 9.10. The highest BCUT2D eigenvalue weighted by atomic mass is 79.9. The van der Waals surface area contributed by atoms with Gasteiger partial charge in [0.1, 0.15) is 0 Å². The Morgan fingerprint density at radius 3 is 2.93 bits per heavy atom.